The number of aryl methyl sites for hydroxylation is 2. The molecule has 2 fully saturated rings. The van der Waals surface area contributed by atoms with Gasteiger partial charge in [0.25, 0.3) is 0 Å². The number of likely N-dealkylation sites (N-methyl/N-ethyl adjacent to an activating group) is 1. The van der Waals surface area contributed by atoms with E-state index in [1.807, 2.05) is 25.4 Å². The molecule has 0 saturated carbocycles. The third-order valence-corrected chi connectivity index (χ3v) is 8.27. The van der Waals surface area contributed by atoms with Crippen molar-refractivity contribution in [3.8, 4) is 0 Å². The largest absolute Gasteiger partial charge is 0.347 e. The monoisotopic (exact) mass is 427 g/mol. The third-order valence-electron chi connectivity index (χ3n) is 7.08. The summed E-state index contributed by atoms with van der Waals surface area (Å²) in [5.41, 5.74) is 1.45. The summed E-state index contributed by atoms with van der Waals surface area (Å²) in [4.78, 5) is 32.2. The molecule has 2 aliphatic heterocycles. The van der Waals surface area contributed by atoms with Gasteiger partial charge in [0.2, 0.25) is 5.91 Å². The van der Waals surface area contributed by atoms with Gasteiger partial charge in [0, 0.05) is 25.5 Å². The summed E-state index contributed by atoms with van der Waals surface area (Å²) in [6, 6.07) is -0.0984. The summed E-state index contributed by atoms with van der Waals surface area (Å²) in [7, 11) is 3.72. The Bertz CT molecular complexity index is 947. The van der Waals surface area contributed by atoms with Crippen LogP contribution in [0.4, 0.5) is 5.82 Å². The molecule has 1 amide bonds. The molecule has 6 nitrogen and oxygen atoms in total. The first-order chi connectivity index (χ1) is 14.5. The van der Waals surface area contributed by atoms with Crippen LogP contribution in [0.25, 0.3) is 10.2 Å². The molecule has 1 aliphatic carbocycles. The predicted molar refractivity (Wildman–Crippen MR) is 122 cm³/mol. The number of likely N-dealkylation sites (tertiary alicyclic amines) is 1. The fraction of sp³-hybridized carbons (Fsp3) is 0.696. The van der Waals surface area contributed by atoms with Gasteiger partial charge in [0.05, 0.1) is 11.9 Å². The van der Waals surface area contributed by atoms with Gasteiger partial charge in [-0.05, 0) is 69.5 Å². The highest BCUT2D eigenvalue weighted by Crippen LogP contribution is 2.42. The zero-order valence-electron chi connectivity index (χ0n) is 18.5. The average molecular weight is 428 g/mol. The van der Waals surface area contributed by atoms with Crippen LogP contribution in [0, 0.1) is 5.92 Å². The van der Waals surface area contributed by atoms with Gasteiger partial charge < -0.3 is 9.80 Å². The Hall–Kier alpha value is -1.73. The van der Waals surface area contributed by atoms with Crippen LogP contribution in [0.5, 0.6) is 0 Å². The zero-order valence-corrected chi connectivity index (χ0v) is 19.3. The fourth-order valence-electron chi connectivity index (χ4n) is 5.29. The van der Waals surface area contributed by atoms with Gasteiger partial charge in [0.1, 0.15) is 22.5 Å². The second-order valence-electron chi connectivity index (χ2n) is 9.54. The van der Waals surface area contributed by atoms with Crippen molar-refractivity contribution < 1.29 is 4.79 Å². The molecule has 3 aliphatic rings. The van der Waals surface area contributed by atoms with Crippen molar-refractivity contribution in [1.82, 2.24) is 19.8 Å². The first-order valence-electron chi connectivity index (χ1n) is 11.5. The molecular formula is C23H33N5OS. The number of hydrogen-bond acceptors (Lipinski definition) is 6. The van der Waals surface area contributed by atoms with Crippen LogP contribution in [0.15, 0.2) is 0 Å². The van der Waals surface area contributed by atoms with Crippen LogP contribution in [-0.4, -0.2) is 65.4 Å². The maximum atomic E-state index is 12.9. The molecule has 30 heavy (non-hydrogen) atoms. The zero-order chi connectivity index (χ0) is 20.8. The number of aromatic nitrogens is 2. The number of carbonyl (C=O) groups is 1. The second kappa shape index (κ2) is 8.08. The summed E-state index contributed by atoms with van der Waals surface area (Å²) < 4.78 is 0. The van der Waals surface area contributed by atoms with E-state index >= 15 is 0 Å². The first kappa shape index (κ1) is 20.2. The molecule has 1 atom stereocenters. The van der Waals surface area contributed by atoms with Crippen molar-refractivity contribution >= 4 is 33.3 Å². The van der Waals surface area contributed by atoms with Gasteiger partial charge in [0.15, 0.2) is 0 Å². The summed E-state index contributed by atoms with van der Waals surface area (Å²) >= 11 is 1.86. The highest BCUT2D eigenvalue weighted by Gasteiger charge is 2.35. The Labute approximate surface area is 183 Å². The molecule has 162 valence electrons. The Balaban J connectivity index is 1.54. The third kappa shape index (κ3) is 3.60. The van der Waals surface area contributed by atoms with E-state index in [4.69, 9.17) is 9.97 Å². The Morgan fingerprint density at radius 2 is 1.90 bits per heavy atom. The Morgan fingerprint density at radius 1 is 1.10 bits per heavy atom. The minimum absolute atomic E-state index is 0.0984. The number of piperidine rings is 1. The molecule has 5 rings (SSSR count). The van der Waals surface area contributed by atoms with Crippen molar-refractivity contribution in [2.24, 2.45) is 5.92 Å². The van der Waals surface area contributed by atoms with Gasteiger partial charge in [-0.15, -0.1) is 11.3 Å². The van der Waals surface area contributed by atoms with Crippen LogP contribution >= 0.6 is 11.3 Å². The van der Waals surface area contributed by atoms with Gasteiger partial charge in [-0.25, -0.2) is 9.97 Å². The highest BCUT2D eigenvalue weighted by atomic mass is 32.1. The number of hydrogen-bond donors (Lipinski definition) is 0. The second-order valence-corrected chi connectivity index (χ2v) is 10.6. The number of nitrogens with zero attached hydrogens (tertiary/aromatic N) is 5. The van der Waals surface area contributed by atoms with E-state index in [0.717, 1.165) is 74.3 Å². The normalized spacial score (nSPS) is 22.8. The molecule has 2 saturated heterocycles. The predicted octanol–water partition coefficient (Wildman–Crippen LogP) is 3.47. The number of fused-ring (bicyclic) bond motifs is 3. The minimum atomic E-state index is -0.0984. The number of rotatable bonds is 4. The van der Waals surface area contributed by atoms with Crippen LogP contribution < -0.4 is 4.90 Å². The molecule has 4 heterocycles. The van der Waals surface area contributed by atoms with Crippen LogP contribution in [-0.2, 0) is 24.2 Å². The van der Waals surface area contributed by atoms with Gasteiger partial charge >= 0.3 is 0 Å². The lowest BCUT2D eigenvalue weighted by atomic mass is 9.99. The van der Waals surface area contributed by atoms with E-state index in [9.17, 15) is 4.79 Å². The van der Waals surface area contributed by atoms with E-state index in [2.05, 4.69) is 16.7 Å². The molecule has 0 bridgehead atoms. The van der Waals surface area contributed by atoms with Crippen molar-refractivity contribution in [2.45, 2.75) is 64.5 Å². The summed E-state index contributed by atoms with van der Waals surface area (Å²) in [5, 5.41) is 1.24. The molecule has 7 heteroatoms. The van der Waals surface area contributed by atoms with Crippen molar-refractivity contribution in [1.29, 1.82) is 0 Å². The lowest BCUT2D eigenvalue weighted by molar-refractivity contribution is -0.129. The number of carbonyl (C=O) groups excluding carboxylic acids is 1. The quantitative estimate of drug-likeness (QED) is 0.748. The van der Waals surface area contributed by atoms with Crippen LogP contribution in [0.1, 0.15) is 55.3 Å². The lowest BCUT2D eigenvalue weighted by Crippen LogP contribution is -2.43. The van der Waals surface area contributed by atoms with Crippen LogP contribution in [0.2, 0.25) is 0 Å². The summed E-state index contributed by atoms with van der Waals surface area (Å²) in [5.74, 6) is 2.97. The van der Waals surface area contributed by atoms with E-state index in [1.54, 1.807) is 4.90 Å². The van der Waals surface area contributed by atoms with E-state index < -0.39 is 0 Å². The minimum Gasteiger partial charge on any atom is -0.347 e. The average Bonchev–Trinajstić information content (AvgIpc) is 3.44. The highest BCUT2D eigenvalue weighted by molar-refractivity contribution is 7.19. The fourth-order valence-corrected chi connectivity index (χ4v) is 6.57. The van der Waals surface area contributed by atoms with Crippen LogP contribution in [0.3, 0.4) is 0 Å². The molecule has 2 aromatic rings. The Kier molecular flexibility index (Phi) is 5.44. The molecule has 0 N–H and O–H groups in total. The summed E-state index contributed by atoms with van der Waals surface area (Å²) in [6.45, 7) is 6.33. The topological polar surface area (TPSA) is 52.6 Å². The lowest BCUT2D eigenvalue weighted by Gasteiger charge is -2.30. The smallest absolute Gasteiger partial charge is 0.244 e. The first-order valence-corrected chi connectivity index (χ1v) is 12.3. The maximum Gasteiger partial charge on any atom is 0.244 e. The van der Waals surface area contributed by atoms with E-state index in [-0.39, 0.29) is 11.9 Å². The van der Waals surface area contributed by atoms with Crippen molar-refractivity contribution in [3.63, 3.8) is 0 Å². The standard InChI is InChI=1S/C23H33N5OS/c1-15-9-12-27(13-10-15)14-19-24-21(28-11-5-7-17(28)23(29)26(2)3)20-16-6-4-8-18(16)30-22(20)25-19/h15,17H,4-14H2,1-3H3/t17-/m0/s1. The Morgan fingerprint density at radius 3 is 2.67 bits per heavy atom. The SMILES string of the molecule is CC1CCN(Cc2nc(N3CCC[C@H]3C(=O)N(C)C)c3c4c(sc3n2)CCC4)CC1. The van der Waals surface area contributed by atoms with E-state index in [0.29, 0.717) is 0 Å². The molecule has 2 aromatic heterocycles. The molecule has 0 unspecified atom stereocenters. The number of thiophene rings is 1. The van der Waals surface area contributed by atoms with E-state index in [1.165, 1.54) is 35.1 Å². The molecular weight excluding hydrogens is 394 g/mol. The summed E-state index contributed by atoms with van der Waals surface area (Å²) in [6.07, 6.45) is 7.98. The molecule has 0 aromatic carbocycles. The van der Waals surface area contributed by atoms with Gasteiger partial charge in [-0.1, -0.05) is 6.92 Å². The van der Waals surface area contributed by atoms with Gasteiger partial charge in [-0.2, -0.15) is 0 Å². The number of anilines is 1. The van der Waals surface area contributed by atoms with Gasteiger partial charge in [-0.3, -0.25) is 9.69 Å². The molecule has 0 radical (unpaired) electrons. The maximum absolute atomic E-state index is 12.9. The number of amides is 1. The van der Waals surface area contributed by atoms with Crippen molar-refractivity contribution in [3.05, 3.63) is 16.3 Å². The van der Waals surface area contributed by atoms with Crippen molar-refractivity contribution in [2.75, 3.05) is 38.6 Å². The molecule has 0 spiro atoms.